The molecule has 0 amide bonds. The summed E-state index contributed by atoms with van der Waals surface area (Å²) in [5.74, 6) is 0.688. The number of halogens is 2. The fraction of sp³-hybridized carbons (Fsp3) is 0.125. The highest BCUT2D eigenvalue weighted by Crippen LogP contribution is 2.25. The summed E-state index contributed by atoms with van der Waals surface area (Å²) in [6.07, 6.45) is 1.77. The molecule has 2 heterocycles. The first-order chi connectivity index (χ1) is 6.20. The van der Waals surface area contributed by atoms with Gasteiger partial charge in [0.2, 0.25) is 0 Å². The predicted molar refractivity (Wildman–Crippen MR) is 54.5 cm³/mol. The van der Waals surface area contributed by atoms with E-state index in [1.54, 1.807) is 23.9 Å². The van der Waals surface area contributed by atoms with E-state index >= 15 is 0 Å². The number of rotatable bonds is 1. The average Bonchev–Trinajstić information content (AvgIpc) is 2.46. The third-order valence-electron chi connectivity index (χ3n) is 1.70. The van der Waals surface area contributed by atoms with Gasteiger partial charge in [0.05, 0.1) is 23.8 Å². The smallest absolute Gasteiger partial charge is 0.138 e. The standard InChI is InChI=1S/C8H6BrClN2O/c1-13-5-2-6(10)7-3-8(9)11-12(7)4-5/h2-4H,1H3. The maximum Gasteiger partial charge on any atom is 0.138 e. The van der Waals surface area contributed by atoms with Crippen LogP contribution in [0, 0.1) is 0 Å². The molecule has 0 N–H and O–H groups in total. The van der Waals surface area contributed by atoms with Gasteiger partial charge in [-0.05, 0) is 22.0 Å². The number of fused-ring (bicyclic) bond motifs is 1. The van der Waals surface area contributed by atoms with E-state index in [1.165, 1.54) is 0 Å². The van der Waals surface area contributed by atoms with E-state index < -0.39 is 0 Å². The summed E-state index contributed by atoms with van der Waals surface area (Å²) >= 11 is 9.27. The van der Waals surface area contributed by atoms with Crippen molar-refractivity contribution < 1.29 is 4.74 Å². The van der Waals surface area contributed by atoms with Gasteiger partial charge in [0, 0.05) is 6.07 Å². The molecule has 0 fully saturated rings. The van der Waals surface area contributed by atoms with Crippen molar-refractivity contribution in [2.24, 2.45) is 0 Å². The fourth-order valence-electron chi connectivity index (χ4n) is 1.11. The molecule has 0 spiro atoms. The Bertz CT molecular complexity index is 455. The van der Waals surface area contributed by atoms with E-state index in [0.717, 1.165) is 10.1 Å². The number of ether oxygens (including phenoxy) is 1. The van der Waals surface area contributed by atoms with Crippen molar-refractivity contribution in [3.05, 3.63) is 28.0 Å². The van der Waals surface area contributed by atoms with Crippen LogP contribution in [0.3, 0.4) is 0 Å². The zero-order valence-corrected chi connectivity index (χ0v) is 9.13. The van der Waals surface area contributed by atoms with E-state index in [9.17, 15) is 0 Å². The minimum absolute atomic E-state index is 0.623. The quantitative estimate of drug-likeness (QED) is 0.789. The van der Waals surface area contributed by atoms with Crippen LogP contribution >= 0.6 is 27.5 Å². The van der Waals surface area contributed by atoms with Gasteiger partial charge in [-0.3, -0.25) is 0 Å². The van der Waals surface area contributed by atoms with Crippen LogP contribution < -0.4 is 4.74 Å². The largest absolute Gasteiger partial charge is 0.495 e. The molecular formula is C8H6BrClN2O. The van der Waals surface area contributed by atoms with Crippen molar-refractivity contribution in [1.82, 2.24) is 9.61 Å². The first-order valence-corrected chi connectivity index (χ1v) is 4.76. The maximum absolute atomic E-state index is 5.99. The van der Waals surface area contributed by atoms with Crippen LogP contribution in [0.15, 0.2) is 22.9 Å². The van der Waals surface area contributed by atoms with Gasteiger partial charge in [0.1, 0.15) is 10.4 Å². The molecule has 0 bridgehead atoms. The van der Waals surface area contributed by atoms with Crippen LogP contribution in [0.2, 0.25) is 5.02 Å². The average molecular weight is 262 g/mol. The Labute approximate surface area is 88.4 Å². The van der Waals surface area contributed by atoms with Gasteiger partial charge in [-0.15, -0.1) is 0 Å². The molecule has 0 aliphatic carbocycles. The molecule has 5 heteroatoms. The minimum Gasteiger partial charge on any atom is -0.495 e. The van der Waals surface area contributed by atoms with Crippen molar-refractivity contribution in [3.63, 3.8) is 0 Å². The lowest BCUT2D eigenvalue weighted by Gasteiger charge is -2.01. The molecule has 0 aromatic carbocycles. The number of aromatic nitrogens is 2. The number of nitrogens with zero attached hydrogens (tertiary/aromatic N) is 2. The maximum atomic E-state index is 5.99. The Morgan fingerprint density at radius 3 is 3.00 bits per heavy atom. The molecule has 3 nitrogen and oxygen atoms in total. The van der Waals surface area contributed by atoms with Gasteiger partial charge in [-0.1, -0.05) is 11.6 Å². The van der Waals surface area contributed by atoms with Gasteiger partial charge in [-0.2, -0.15) is 5.10 Å². The van der Waals surface area contributed by atoms with E-state index in [2.05, 4.69) is 21.0 Å². The predicted octanol–water partition coefficient (Wildman–Crippen LogP) is 2.76. The van der Waals surface area contributed by atoms with E-state index in [4.69, 9.17) is 16.3 Å². The molecule has 13 heavy (non-hydrogen) atoms. The molecule has 0 saturated carbocycles. The monoisotopic (exact) mass is 260 g/mol. The molecule has 0 aliphatic rings. The molecule has 0 radical (unpaired) electrons. The Morgan fingerprint density at radius 2 is 2.31 bits per heavy atom. The van der Waals surface area contributed by atoms with Gasteiger partial charge in [0.15, 0.2) is 0 Å². The number of hydrogen-bond donors (Lipinski definition) is 0. The zero-order valence-electron chi connectivity index (χ0n) is 6.79. The summed E-state index contributed by atoms with van der Waals surface area (Å²) in [5.41, 5.74) is 0.856. The van der Waals surface area contributed by atoms with Crippen molar-refractivity contribution in [3.8, 4) is 5.75 Å². The topological polar surface area (TPSA) is 26.5 Å². The van der Waals surface area contributed by atoms with Gasteiger partial charge < -0.3 is 4.74 Å². The SMILES string of the molecule is COc1cc(Cl)c2cc(Br)nn2c1. The highest BCUT2D eigenvalue weighted by atomic mass is 79.9. The van der Waals surface area contributed by atoms with Crippen LogP contribution in [-0.2, 0) is 0 Å². The van der Waals surface area contributed by atoms with Gasteiger partial charge in [0.25, 0.3) is 0 Å². The van der Waals surface area contributed by atoms with Crippen LogP contribution in [-0.4, -0.2) is 16.7 Å². The number of pyridine rings is 1. The zero-order chi connectivity index (χ0) is 9.42. The molecular weight excluding hydrogens is 255 g/mol. The second-order valence-electron chi connectivity index (χ2n) is 2.52. The minimum atomic E-state index is 0.623. The molecule has 2 aromatic rings. The second-order valence-corrected chi connectivity index (χ2v) is 3.74. The third kappa shape index (κ3) is 1.51. The second kappa shape index (κ2) is 3.20. The van der Waals surface area contributed by atoms with Crippen LogP contribution in [0.4, 0.5) is 0 Å². The van der Waals surface area contributed by atoms with Gasteiger partial charge >= 0.3 is 0 Å². The van der Waals surface area contributed by atoms with Crippen molar-refractivity contribution in [2.75, 3.05) is 7.11 Å². The lowest BCUT2D eigenvalue weighted by Crippen LogP contribution is -1.90. The molecule has 2 rings (SSSR count). The summed E-state index contributed by atoms with van der Waals surface area (Å²) in [5, 5.41) is 4.77. The van der Waals surface area contributed by atoms with E-state index in [1.807, 2.05) is 6.07 Å². The number of hydrogen-bond acceptors (Lipinski definition) is 2. The molecule has 68 valence electrons. The van der Waals surface area contributed by atoms with Gasteiger partial charge in [-0.25, -0.2) is 4.52 Å². The normalized spacial score (nSPS) is 10.7. The summed E-state index contributed by atoms with van der Waals surface area (Å²) in [7, 11) is 1.59. The molecule has 0 aliphatic heterocycles. The highest BCUT2D eigenvalue weighted by Gasteiger charge is 2.05. The fourth-order valence-corrected chi connectivity index (χ4v) is 1.75. The Morgan fingerprint density at radius 1 is 1.54 bits per heavy atom. The summed E-state index contributed by atoms with van der Waals surface area (Å²) in [6, 6.07) is 3.60. The van der Waals surface area contributed by atoms with Crippen LogP contribution in [0.5, 0.6) is 5.75 Å². The molecule has 0 atom stereocenters. The highest BCUT2D eigenvalue weighted by molar-refractivity contribution is 9.10. The summed E-state index contributed by atoms with van der Waals surface area (Å²) in [6.45, 7) is 0. The Balaban J connectivity index is 2.75. The lowest BCUT2D eigenvalue weighted by molar-refractivity contribution is 0.411. The first kappa shape index (κ1) is 8.84. The van der Waals surface area contributed by atoms with E-state index in [0.29, 0.717) is 10.8 Å². The first-order valence-electron chi connectivity index (χ1n) is 3.59. The summed E-state index contributed by atoms with van der Waals surface area (Å²) < 4.78 is 7.48. The van der Waals surface area contributed by atoms with Crippen LogP contribution in [0.25, 0.3) is 5.52 Å². The van der Waals surface area contributed by atoms with Crippen molar-refractivity contribution in [1.29, 1.82) is 0 Å². The molecule has 2 aromatic heterocycles. The Kier molecular flexibility index (Phi) is 2.17. The number of methoxy groups -OCH3 is 1. The lowest BCUT2D eigenvalue weighted by atomic mass is 10.4. The van der Waals surface area contributed by atoms with Crippen molar-refractivity contribution >= 4 is 33.0 Å². The Hall–Kier alpha value is -0.740. The van der Waals surface area contributed by atoms with Crippen molar-refractivity contribution in [2.45, 2.75) is 0 Å². The molecule has 0 saturated heterocycles. The third-order valence-corrected chi connectivity index (χ3v) is 2.40. The van der Waals surface area contributed by atoms with Crippen LogP contribution in [0.1, 0.15) is 0 Å². The summed E-state index contributed by atoms with van der Waals surface area (Å²) in [4.78, 5) is 0. The molecule has 0 unspecified atom stereocenters. The van der Waals surface area contributed by atoms with E-state index in [-0.39, 0.29) is 0 Å².